The predicted octanol–water partition coefficient (Wildman–Crippen LogP) is 4.99. The number of aliphatic carboxylic acids is 1. The summed E-state index contributed by atoms with van der Waals surface area (Å²) in [6, 6.07) is 0. The van der Waals surface area contributed by atoms with E-state index >= 15 is 0 Å². The van der Waals surface area contributed by atoms with Gasteiger partial charge in [0.1, 0.15) is 0 Å². The molecule has 0 spiro atoms. The molecule has 0 atom stereocenters. The summed E-state index contributed by atoms with van der Waals surface area (Å²) in [5, 5.41) is 28.9. The Bertz CT molecular complexity index is 311. The van der Waals surface area contributed by atoms with Gasteiger partial charge in [0.15, 0.2) is 6.29 Å². The second-order valence-electron chi connectivity index (χ2n) is 7.85. The average Bonchev–Trinajstić information content (AvgIpc) is 2.62. The van der Waals surface area contributed by atoms with E-state index in [4.69, 9.17) is 15.3 Å². The minimum Gasteiger partial charge on any atom is -0.480 e. The number of unbranched alkanes of at least 4 members (excludes halogenated alkanes) is 16. The SMILES string of the molecule is O=C(O)CNCCCCCCCCCCCCCCCCCCCC(O)O. The molecule has 0 aliphatic rings. The zero-order chi connectivity index (χ0) is 20.0. The zero-order valence-electron chi connectivity index (χ0n) is 17.5. The van der Waals surface area contributed by atoms with Gasteiger partial charge in [-0.25, -0.2) is 0 Å². The maximum Gasteiger partial charge on any atom is 0.317 e. The fraction of sp³-hybridized carbons (Fsp3) is 0.955. The Morgan fingerprint density at radius 2 is 0.926 bits per heavy atom. The van der Waals surface area contributed by atoms with Crippen molar-refractivity contribution in [1.29, 1.82) is 0 Å². The number of hydrogen-bond donors (Lipinski definition) is 4. The first-order valence-corrected chi connectivity index (χ1v) is 11.4. The van der Waals surface area contributed by atoms with Crippen LogP contribution in [0.15, 0.2) is 0 Å². The van der Waals surface area contributed by atoms with E-state index < -0.39 is 12.3 Å². The minimum absolute atomic E-state index is 0.0806. The summed E-state index contributed by atoms with van der Waals surface area (Å²) >= 11 is 0. The van der Waals surface area contributed by atoms with Gasteiger partial charge in [-0.15, -0.1) is 0 Å². The number of rotatable bonds is 22. The molecule has 0 bridgehead atoms. The third-order valence-electron chi connectivity index (χ3n) is 5.09. The van der Waals surface area contributed by atoms with Crippen LogP contribution in [-0.4, -0.2) is 40.7 Å². The smallest absolute Gasteiger partial charge is 0.317 e. The summed E-state index contributed by atoms with van der Waals surface area (Å²) in [6.45, 7) is 0.900. The highest BCUT2D eigenvalue weighted by molar-refractivity contribution is 5.68. The lowest BCUT2D eigenvalue weighted by Gasteiger charge is -2.05. The molecule has 5 heteroatoms. The summed E-state index contributed by atoms with van der Waals surface area (Å²) in [5.41, 5.74) is 0. The van der Waals surface area contributed by atoms with E-state index in [0.717, 1.165) is 25.8 Å². The van der Waals surface area contributed by atoms with Crippen LogP contribution < -0.4 is 5.32 Å². The van der Waals surface area contributed by atoms with Crippen molar-refractivity contribution in [3.8, 4) is 0 Å². The highest BCUT2D eigenvalue weighted by Crippen LogP contribution is 2.14. The van der Waals surface area contributed by atoms with Gasteiger partial charge in [0.05, 0.1) is 6.54 Å². The molecule has 27 heavy (non-hydrogen) atoms. The maximum atomic E-state index is 10.3. The van der Waals surface area contributed by atoms with Gasteiger partial charge >= 0.3 is 5.97 Å². The average molecular weight is 388 g/mol. The number of carbonyl (C=O) groups is 1. The molecule has 0 saturated heterocycles. The molecule has 0 heterocycles. The predicted molar refractivity (Wildman–Crippen MR) is 112 cm³/mol. The third-order valence-corrected chi connectivity index (χ3v) is 5.09. The normalized spacial score (nSPS) is 11.4. The van der Waals surface area contributed by atoms with Crippen LogP contribution in [0.25, 0.3) is 0 Å². The van der Waals surface area contributed by atoms with E-state index in [1.165, 1.54) is 89.9 Å². The fourth-order valence-corrected chi connectivity index (χ4v) is 3.42. The highest BCUT2D eigenvalue weighted by Gasteiger charge is 1.98. The van der Waals surface area contributed by atoms with E-state index in [2.05, 4.69) is 5.32 Å². The molecule has 0 aromatic heterocycles. The molecule has 0 unspecified atom stereocenters. The summed E-state index contributed by atoms with van der Waals surface area (Å²) in [6.07, 6.45) is 21.1. The summed E-state index contributed by atoms with van der Waals surface area (Å²) in [7, 11) is 0. The Hall–Kier alpha value is -0.650. The quantitative estimate of drug-likeness (QED) is 0.155. The fourth-order valence-electron chi connectivity index (χ4n) is 3.42. The van der Waals surface area contributed by atoms with Gasteiger partial charge in [-0.3, -0.25) is 4.79 Å². The number of aliphatic hydroxyl groups is 2. The van der Waals surface area contributed by atoms with Crippen molar-refractivity contribution in [1.82, 2.24) is 5.32 Å². The van der Waals surface area contributed by atoms with Gasteiger partial charge in [0.2, 0.25) is 0 Å². The Labute approximate surface area is 166 Å². The third kappa shape index (κ3) is 25.3. The van der Waals surface area contributed by atoms with Gasteiger partial charge < -0.3 is 20.6 Å². The number of nitrogens with one attached hydrogen (secondary N) is 1. The van der Waals surface area contributed by atoms with Crippen molar-refractivity contribution in [3.63, 3.8) is 0 Å². The van der Waals surface area contributed by atoms with Crippen LogP contribution in [0, 0.1) is 0 Å². The van der Waals surface area contributed by atoms with Crippen LogP contribution >= 0.6 is 0 Å². The molecule has 4 N–H and O–H groups in total. The summed E-state index contributed by atoms with van der Waals surface area (Å²) in [5.74, 6) is -0.775. The molecule has 0 radical (unpaired) electrons. The number of carboxylic acid groups (broad SMARTS) is 1. The highest BCUT2D eigenvalue weighted by atomic mass is 16.5. The standard InChI is InChI=1S/C22H45NO4/c24-21(25)18-16-14-12-10-8-6-4-2-1-3-5-7-9-11-13-15-17-19-23-20-22(26)27/h21,23-25H,1-20H2,(H,26,27). The summed E-state index contributed by atoms with van der Waals surface area (Å²) in [4.78, 5) is 10.3. The summed E-state index contributed by atoms with van der Waals surface area (Å²) < 4.78 is 0. The van der Waals surface area contributed by atoms with Crippen LogP contribution in [0.5, 0.6) is 0 Å². The van der Waals surface area contributed by atoms with Gasteiger partial charge in [-0.05, 0) is 25.8 Å². The number of hydrogen-bond acceptors (Lipinski definition) is 4. The Morgan fingerprint density at radius 3 is 1.26 bits per heavy atom. The van der Waals surface area contributed by atoms with Crippen molar-refractivity contribution in [3.05, 3.63) is 0 Å². The first-order valence-electron chi connectivity index (χ1n) is 11.4. The van der Waals surface area contributed by atoms with E-state index in [-0.39, 0.29) is 6.54 Å². The van der Waals surface area contributed by atoms with Crippen molar-refractivity contribution in [2.24, 2.45) is 0 Å². The van der Waals surface area contributed by atoms with E-state index in [1.807, 2.05) is 0 Å². The van der Waals surface area contributed by atoms with Crippen LogP contribution in [-0.2, 0) is 4.79 Å². The largest absolute Gasteiger partial charge is 0.480 e. The molecule has 5 nitrogen and oxygen atoms in total. The molecule has 0 aliphatic carbocycles. The zero-order valence-corrected chi connectivity index (χ0v) is 17.5. The Morgan fingerprint density at radius 1 is 0.593 bits per heavy atom. The van der Waals surface area contributed by atoms with Crippen LogP contribution in [0.4, 0.5) is 0 Å². The first-order chi connectivity index (χ1) is 13.1. The molecule has 0 saturated carbocycles. The van der Waals surface area contributed by atoms with Gasteiger partial charge in [0, 0.05) is 0 Å². The van der Waals surface area contributed by atoms with Crippen molar-refractivity contribution in [2.45, 2.75) is 122 Å². The molecule has 0 fully saturated rings. The monoisotopic (exact) mass is 387 g/mol. The topological polar surface area (TPSA) is 89.8 Å². The van der Waals surface area contributed by atoms with Crippen molar-refractivity contribution < 1.29 is 20.1 Å². The van der Waals surface area contributed by atoms with Crippen LogP contribution in [0.3, 0.4) is 0 Å². The lowest BCUT2D eigenvalue weighted by molar-refractivity contribution is -0.135. The maximum absolute atomic E-state index is 10.3. The van der Waals surface area contributed by atoms with Crippen LogP contribution in [0.2, 0.25) is 0 Å². The van der Waals surface area contributed by atoms with Crippen LogP contribution in [0.1, 0.15) is 116 Å². The van der Waals surface area contributed by atoms with E-state index in [9.17, 15) is 4.79 Å². The van der Waals surface area contributed by atoms with Crippen molar-refractivity contribution in [2.75, 3.05) is 13.1 Å². The molecule has 0 rings (SSSR count). The Balaban J connectivity index is 3.00. The molecule has 0 aliphatic heterocycles. The number of carboxylic acids is 1. The van der Waals surface area contributed by atoms with Gasteiger partial charge in [-0.2, -0.15) is 0 Å². The van der Waals surface area contributed by atoms with E-state index in [1.54, 1.807) is 0 Å². The molecular weight excluding hydrogens is 342 g/mol. The second-order valence-corrected chi connectivity index (χ2v) is 7.85. The molecule has 162 valence electrons. The van der Waals surface area contributed by atoms with E-state index in [0.29, 0.717) is 6.42 Å². The molecular formula is C22H45NO4. The lowest BCUT2D eigenvalue weighted by Crippen LogP contribution is -2.23. The lowest BCUT2D eigenvalue weighted by atomic mass is 10.0. The minimum atomic E-state index is -1.12. The van der Waals surface area contributed by atoms with Gasteiger partial charge in [0.25, 0.3) is 0 Å². The second kappa shape index (κ2) is 21.6. The van der Waals surface area contributed by atoms with Gasteiger partial charge in [-0.1, -0.05) is 96.3 Å². The molecule has 0 aromatic carbocycles. The first kappa shape index (κ1) is 26.4. The molecule has 0 aromatic rings. The Kier molecular flexibility index (Phi) is 21.1. The molecule has 0 amide bonds. The van der Waals surface area contributed by atoms with Crippen molar-refractivity contribution >= 4 is 5.97 Å². The number of aliphatic hydroxyl groups excluding tert-OH is 1.